The summed E-state index contributed by atoms with van der Waals surface area (Å²) in [7, 11) is 3.93. The SMILES string of the molecule is CC(C)c1cnnc(C(=O)NCCN(C)C)c1. The molecule has 1 N–H and O–H groups in total. The quantitative estimate of drug-likeness (QED) is 0.825. The fourth-order valence-corrected chi connectivity index (χ4v) is 1.29. The van der Waals surface area contributed by atoms with Crippen LogP contribution in [0.15, 0.2) is 12.3 Å². The molecule has 1 heterocycles. The van der Waals surface area contributed by atoms with Gasteiger partial charge in [-0.15, -0.1) is 5.10 Å². The zero-order valence-electron chi connectivity index (χ0n) is 10.9. The van der Waals surface area contributed by atoms with E-state index in [1.165, 1.54) is 0 Å². The van der Waals surface area contributed by atoms with Crippen LogP contribution in [0, 0.1) is 0 Å². The Morgan fingerprint density at radius 2 is 2.18 bits per heavy atom. The van der Waals surface area contributed by atoms with Crippen molar-refractivity contribution in [3.05, 3.63) is 23.5 Å². The van der Waals surface area contributed by atoms with Gasteiger partial charge in [0.15, 0.2) is 5.69 Å². The van der Waals surface area contributed by atoms with E-state index in [0.717, 1.165) is 12.1 Å². The smallest absolute Gasteiger partial charge is 0.271 e. The monoisotopic (exact) mass is 236 g/mol. The maximum Gasteiger partial charge on any atom is 0.271 e. The highest BCUT2D eigenvalue weighted by Gasteiger charge is 2.09. The van der Waals surface area contributed by atoms with E-state index in [0.29, 0.717) is 18.2 Å². The summed E-state index contributed by atoms with van der Waals surface area (Å²) in [5, 5.41) is 10.5. The second-order valence-corrected chi connectivity index (χ2v) is 4.59. The van der Waals surface area contributed by atoms with Gasteiger partial charge in [-0.1, -0.05) is 13.8 Å². The molecule has 94 valence electrons. The number of hydrogen-bond acceptors (Lipinski definition) is 4. The molecule has 17 heavy (non-hydrogen) atoms. The van der Waals surface area contributed by atoms with E-state index in [1.54, 1.807) is 12.3 Å². The highest BCUT2D eigenvalue weighted by atomic mass is 16.1. The van der Waals surface area contributed by atoms with Gasteiger partial charge < -0.3 is 10.2 Å². The fraction of sp³-hybridized carbons (Fsp3) is 0.583. The van der Waals surface area contributed by atoms with Gasteiger partial charge >= 0.3 is 0 Å². The first-order valence-electron chi connectivity index (χ1n) is 5.76. The van der Waals surface area contributed by atoms with Crippen molar-refractivity contribution >= 4 is 5.91 Å². The van der Waals surface area contributed by atoms with Gasteiger partial charge in [-0.25, -0.2) is 0 Å². The maximum atomic E-state index is 11.8. The Morgan fingerprint density at radius 3 is 2.76 bits per heavy atom. The van der Waals surface area contributed by atoms with Gasteiger partial charge in [-0.3, -0.25) is 4.79 Å². The van der Waals surface area contributed by atoms with Crippen LogP contribution in [0.1, 0.15) is 35.8 Å². The molecule has 0 saturated carbocycles. The van der Waals surface area contributed by atoms with Crippen LogP contribution < -0.4 is 5.32 Å². The van der Waals surface area contributed by atoms with E-state index in [4.69, 9.17) is 0 Å². The third-order valence-corrected chi connectivity index (χ3v) is 2.42. The van der Waals surface area contributed by atoms with Crippen LogP contribution in [0.2, 0.25) is 0 Å². The first-order chi connectivity index (χ1) is 8.00. The molecule has 0 saturated heterocycles. The second-order valence-electron chi connectivity index (χ2n) is 4.59. The maximum absolute atomic E-state index is 11.8. The molecule has 0 spiro atoms. The zero-order chi connectivity index (χ0) is 12.8. The number of carbonyl (C=O) groups is 1. The van der Waals surface area contributed by atoms with Crippen LogP contribution in [-0.2, 0) is 0 Å². The number of hydrogen-bond donors (Lipinski definition) is 1. The molecule has 1 aromatic heterocycles. The minimum Gasteiger partial charge on any atom is -0.349 e. The van der Waals surface area contributed by atoms with E-state index in [1.807, 2.05) is 19.0 Å². The lowest BCUT2D eigenvalue weighted by atomic mass is 10.1. The third kappa shape index (κ3) is 4.48. The Bertz CT molecular complexity index is 377. The minimum atomic E-state index is -0.165. The highest BCUT2D eigenvalue weighted by molar-refractivity contribution is 5.92. The van der Waals surface area contributed by atoms with Crippen molar-refractivity contribution in [2.24, 2.45) is 0 Å². The van der Waals surface area contributed by atoms with Crippen LogP contribution >= 0.6 is 0 Å². The van der Waals surface area contributed by atoms with Crippen molar-refractivity contribution in [3.8, 4) is 0 Å². The molecule has 0 aliphatic heterocycles. The van der Waals surface area contributed by atoms with Gasteiger partial charge in [0.05, 0.1) is 6.20 Å². The van der Waals surface area contributed by atoms with Crippen LogP contribution in [0.5, 0.6) is 0 Å². The Labute approximate surface area is 102 Å². The zero-order valence-corrected chi connectivity index (χ0v) is 10.9. The van der Waals surface area contributed by atoms with Gasteiger partial charge in [0.2, 0.25) is 0 Å². The van der Waals surface area contributed by atoms with Crippen LogP contribution in [0.4, 0.5) is 0 Å². The molecule has 1 amide bonds. The molecule has 1 rings (SSSR count). The first kappa shape index (κ1) is 13.6. The predicted octanol–water partition coefficient (Wildman–Crippen LogP) is 0.891. The van der Waals surface area contributed by atoms with Gasteiger partial charge in [0, 0.05) is 13.1 Å². The average molecular weight is 236 g/mol. The molecular formula is C12H20N4O. The summed E-state index contributed by atoms with van der Waals surface area (Å²) in [6, 6.07) is 1.79. The fourth-order valence-electron chi connectivity index (χ4n) is 1.29. The van der Waals surface area contributed by atoms with E-state index < -0.39 is 0 Å². The Morgan fingerprint density at radius 1 is 1.47 bits per heavy atom. The summed E-state index contributed by atoms with van der Waals surface area (Å²) >= 11 is 0. The molecule has 5 nitrogen and oxygen atoms in total. The molecular weight excluding hydrogens is 216 g/mol. The van der Waals surface area contributed by atoms with Crippen molar-refractivity contribution in [2.75, 3.05) is 27.2 Å². The van der Waals surface area contributed by atoms with Crippen LogP contribution in [0.25, 0.3) is 0 Å². The number of rotatable bonds is 5. The van der Waals surface area contributed by atoms with E-state index in [2.05, 4.69) is 29.4 Å². The molecule has 0 aliphatic rings. The number of nitrogens with zero attached hydrogens (tertiary/aromatic N) is 3. The summed E-state index contributed by atoms with van der Waals surface area (Å²) in [5.41, 5.74) is 1.41. The van der Waals surface area contributed by atoms with Gasteiger partial charge in [0.25, 0.3) is 5.91 Å². The lowest BCUT2D eigenvalue weighted by Gasteiger charge is -2.10. The largest absolute Gasteiger partial charge is 0.349 e. The van der Waals surface area contributed by atoms with E-state index in [-0.39, 0.29) is 5.91 Å². The normalized spacial score (nSPS) is 10.9. The second kappa shape index (κ2) is 6.30. The lowest BCUT2D eigenvalue weighted by Crippen LogP contribution is -2.32. The number of likely N-dealkylation sites (N-methyl/N-ethyl adjacent to an activating group) is 1. The van der Waals surface area contributed by atoms with E-state index in [9.17, 15) is 4.79 Å². The van der Waals surface area contributed by atoms with Crippen molar-refractivity contribution in [1.82, 2.24) is 20.4 Å². The van der Waals surface area contributed by atoms with Crippen molar-refractivity contribution in [1.29, 1.82) is 0 Å². The molecule has 0 aromatic carbocycles. The number of carbonyl (C=O) groups excluding carboxylic acids is 1. The van der Waals surface area contributed by atoms with Gasteiger partial charge in [-0.05, 0) is 31.6 Å². The van der Waals surface area contributed by atoms with Crippen LogP contribution in [0.3, 0.4) is 0 Å². The molecule has 5 heteroatoms. The Kier molecular flexibility index (Phi) is 5.03. The Balaban J connectivity index is 2.59. The molecule has 0 aliphatic carbocycles. The topological polar surface area (TPSA) is 58.1 Å². The first-order valence-corrected chi connectivity index (χ1v) is 5.76. The minimum absolute atomic E-state index is 0.165. The van der Waals surface area contributed by atoms with Crippen molar-refractivity contribution in [3.63, 3.8) is 0 Å². The number of aromatic nitrogens is 2. The number of nitrogens with one attached hydrogen (secondary N) is 1. The standard InChI is InChI=1S/C12H20N4O/c1-9(2)10-7-11(15-14-8-10)12(17)13-5-6-16(3)4/h7-9H,5-6H2,1-4H3,(H,13,17). The molecule has 0 bridgehead atoms. The molecule has 0 unspecified atom stereocenters. The Hall–Kier alpha value is -1.49. The van der Waals surface area contributed by atoms with E-state index >= 15 is 0 Å². The average Bonchev–Trinajstić information content (AvgIpc) is 2.28. The molecule has 1 aromatic rings. The molecule has 0 fully saturated rings. The predicted molar refractivity (Wildman–Crippen MR) is 67.0 cm³/mol. The highest BCUT2D eigenvalue weighted by Crippen LogP contribution is 2.12. The molecule has 0 atom stereocenters. The third-order valence-electron chi connectivity index (χ3n) is 2.42. The number of amides is 1. The summed E-state index contributed by atoms with van der Waals surface area (Å²) in [6.07, 6.45) is 1.70. The lowest BCUT2D eigenvalue weighted by molar-refractivity contribution is 0.0945. The van der Waals surface area contributed by atoms with Crippen LogP contribution in [-0.4, -0.2) is 48.2 Å². The van der Waals surface area contributed by atoms with Gasteiger partial charge in [0.1, 0.15) is 0 Å². The summed E-state index contributed by atoms with van der Waals surface area (Å²) < 4.78 is 0. The van der Waals surface area contributed by atoms with Gasteiger partial charge in [-0.2, -0.15) is 5.10 Å². The summed E-state index contributed by atoms with van der Waals surface area (Å²) in [5.74, 6) is 0.181. The van der Waals surface area contributed by atoms with Crippen molar-refractivity contribution in [2.45, 2.75) is 19.8 Å². The van der Waals surface area contributed by atoms with Crippen molar-refractivity contribution < 1.29 is 4.79 Å². The summed E-state index contributed by atoms with van der Waals surface area (Å²) in [4.78, 5) is 13.8. The summed E-state index contributed by atoms with van der Waals surface area (Å²) in [6.45, 7) is 5.54. The molecule has 0 radical (unpaired) electrons.